The van der Waals surface area contributed by atoms with Crippen molar-refractivity contribution in [2.24, 2.45) is 5.10 Å². The van der Waals surface area contributed by atoms with Gasteiger partial charge in [0.25, 0.3) is 0 Å². The average Bonchev–Trinajstić information content (AvgIpc) is 2.75. The second-order valence-corrected chi connectivity index (χ2v) is 6.45. The van der Waals surface area contributed by atoms with Crippen LogP contribution in [0.4, 0.5) is 5.69 Å². The fraction of sp³-hybridized carbons (Fsp3) is 0.174. The molecule has 29 heavy (non-hydrogen) atoms. The number of nitrogens with one attached hydrogen (secondary N) is 2. The van der Waals surface area contributed by atoms with E-state index in [1.807, 2.05) is 42.5 Å². The molecule has 0 fully saturated rings. The van der Waals surface area contributed by atoms with Gasteiger partial charge >= 0.3 is 11.8 Å². The number of anilines is 1. The Kier molecular flexibility index (Phi) is 6.95. The molecule has 0 aliphatic heterocycles. The lowest BCUT2D eigenvalue weighted by Gasteiger charge is -2.07. The van der Waals surface area contributed by atoms with Crippen molar-refractivity contribution in [2.75, 3.05) is 11.9 Å². The molecule has 0 radical (unpaired) electrons. The molecule has 6 heteroatoms. The molecule has 0 atom stereocenters. The highest BCUT2D eigenvalue weighted by atomic mass is 16.5. The minimum Gasteiger partial charge on any atom is -0.494 e. The molecule has 2 N–H and O–H groups in total. The van der Waals surface area contributed by atoms with E-state index in [9.17, 15) is 9.59 Å². The normalized spacial score (nSPS) is 10.8. The molecule has 2 amide bonds. The molecule has 0 saturated heterocycles. The number of hydrazone groups is 1. The van der Waals surface area contributed by atoms with Gasteiger partial charge in [-0.1, -0.05) is 55.8 Å². The first-order chi connectivity index (χ1) is 14.2. The Balaban J connectivity index is 1.54. The Labute approximate surface area is 169 Å². The van der Waals surface area contributed by atoms with Crippen molar-refractivity contribution in [1.82, 2.24) is 5.43 Å². The second kappa shape index (κ2) is 10.0. The first kappa shape index (κ1) is 20.1. The van der Waals surface area contributed by atoms with Crippen molar-refractivity contribution >= 4 is 34.5 Å². The SMILES string of the molecule is CCCCOc1ccc(NC(=O)C(=O)N/N=C\c2cccc3ccccc23)cc1. The van der Waals surface area contributed by atoms with Gasteiger partial charge in [0.05, 0.1) is 12.8 Å². The molecule has 148 valence electrons. The first-order valence-corrected chi connectivity index (χ1v) is 9.52. The van der Waals surface area contributed by atoms with E-state index in [4.69, 9.17) is 4.74 Å². The lowest BCUT2D eigenvalue weighted by atomic mass is 10.1. The third-order valence-electron chi connectivity index (χ3n) is 4.28. The van der Waals surface area contributed by atoms with Gasteiger partial charge < -0.3 is 10.1 Å². The standard InChI is InChI=1S/C23H23N3O3/c1-2-3-15-29-20-13-11-19(12-14-20)25-22(27)23(28)26-24-16-18-9-6-8-17-7-4-5-10-21(17)18/h4-14,16H,2-3,15H2,1H3,(H,25,27)(H,26,28)/b24-16-. The van der Waals surface area contributed by atoms with Gasteiger partial charge in [-0.25, -0.2) is 5.43 Å². The minimum absolute atomic E-state index is 0.506. The zero-order valence-electron chi connectivity index (χ0n) is 16.2. The molecule has 0 bridgehead atoms. The van der Waals surface area contributed by atoms with E-state index < -0.39 is 11.8 Å². The van der Waals surface area contributed by atoms with Gasteiger partial charge in [0.15, 0.2) is 0 Å². The lowest BCUT2D eigenvalue weighted by Crippen LogP contribution is -2.32. The predicted molar refractivity (Wildman–Crippen MR) is 115 cm³/mol. The van der Waals surface area contributed by atoms with Crippen molar-refractivity contribution in [3.05, 3.63) is 72.3 Å². The average molecular weight is 389 g/mol. The number of hydrogen-bond donors (Lipinski definition) is 2. The summed E-state index contributed by atoms with van der Waals surface area (Å²) < 4.78 is 5.57. The summed E-state index contributed by atoms with van der Waals surface area (Å²) in [7, 11) is 0. The highest BCUT2D eigenvalue weighted by molar-refractivity contribution is 6.39. The highest BCUT2D eigenvalue weighted by Gasteiger charge is 2.12. The smallest absolute Gasteiger partial charge is 0.329 e. The summed E-state index contributed by atoms with van der Waals surface area (Å²) in [5.41, 5.74) is 3.61. The number of nitrogens with zero attached hydrogens (tertiary/aromatic N) is 1. The molecule has 0 spiro atoms. The Morgan fingerprint density at radius 1 is 0.966 bits per heavy atom. The van der Waals surface area contributed by atoms with Crippen LogP contribution in [-0.2, 0) is 9.59 Å². The monoisotopic (exact) mass is 389 g/mol. The van der Waals surface area contributed by atoms with Gasteiger partial charge in [0.2, 0.25) is 0 Å². The zero-order chi connectivity index (χ0) is 20.5. The number of carbonyl (C=O) groups excluding carboxylic acids is 2. The van der Waals surface area contributed by atoms with Gasteiger partial charge in [-0.15, -0.1) is 0 Å². The van der Waals surface area contributed by atoms with Gasteiger partial charge in [-0.2, -0.15) is 5.10 Å². The summed E-state index contributed by atoms with van der Waals surface area (Å²) in [5, 5.41) is 8.52. The van der Waals surface area contributed by atoms with Crippen LogP contribution in [0, 0.1) is 0 Å². The number of benzene rings is 3. The third-order valence-corrected chi connectivity index (χ3v) is 4.28. The maximum atomic E-state index is 12.0. The van der Waals surface area contributed by atoms with Gasteiger partial charge in [-0.05, 0) is 41.5 Å². The molecule has 6 nitrogen and oxygen atoms in total. The maximum absolute atomic E-state index is 12.0. The van der Waals surface area contributed by atoms with Gasteiger partial charge in [-0.3, -0.25) is 9.59 Å². The van der Waals surface area contributed by atoms with Crippen LogP contribution in [0.3, 0.4) is 0 Å². The van der Waals surface area contributed by atoms with Crippen LogP contribution < -0.4 is 15.5 Å². The quantitative estimate of drug-likeness (QED) is 0.276. The second-order valence-electron chi connectivity index (χ2n) is 6.45. The Bertz CT molecular complexity index is 1010. The Hall–Kier alpha value is -3.67. The summed E-state index contributed by atoms with van der Waals surface area (Å²) in [4.78, 5) is 24.0. The van der Waals surface area contributed by atoms with Crippen LogP contribution >= 0.6 is 0 Å². The molecule has 3 rings (SSSR count). The molecule has 0 heterocycles. The minimum atomic E-state index is -0.843. The molecular weight excluding hydrogens is 366 g/mol. The summed E-state index contributed by atoms with van der Waals surface area (Å²) >= 11 is 0. The first-order valence-electron chi connectivity index (χ1n) is 9.52. The van der Waals surface area contributed by atoms with Crippen LogP contribution in [0.2, 0.25) is 0 Å². The van der Waals surface area contributed by atoms with Crippen molar-refractivity contribution in [1.29, 1.82) is 0 Å². The number of carbonyl (C=O) groups is 2. The van der Waals surface area contributed by atoms with E-state index >= 15 is 0 Å². The molecule has 3 aromatic carbocycles. The number of amides is 2. The molecule has 0 saturated carbocycles. The molecule has 3 aromatic rings. The van der Waals surface area contributed by atoms with E-state index in [0.29, 0.717) is 12.3 Å². The molecule has 0 aliphatic carbocycles. The lowest BCUT2D eigenvalue weighted by molar-refractivity contribution is -0.136. The van der Waals surface area contributed by atoms with E-state index in [2.05, 4.69) is 22.8 Å². The van der Waals surface area contributed by atoms with Gasteiger partial charge in [0.1, 0.15) is 5.75 Å². The van der Waals surface area contributed by atoms with Crippen LogP contribution in [0.5, 0.6) is 5.75 Å². The maximum Gasteiger partial charge on any atom is 0.329 e. The highest BCUT2D eigenvalue weighted by Crippen LogP contribution is 2.17. The summed E-state index contributed by atoms with van der Waals surface area (Å²) in [6, 6.07) is 20.5. The molecule has 0 unspecified atom stereocenters. The van der Waals surface area contributed by atoms with Crippen LogP contribution in [0.25, 0.3) is 10.8 Å². The zero-order valence-corrected chi connectivity index (χ0v) is 16.2. The molecule has 0 aliphatic rings. The summed E-state index contributed by atoms with van der Waals surface area (Å²) in [6.07, 6.45) is 3.57. The number of hydrogen-bond acceptors (Lipinski definition) is 4. The predicted octanol–water partition coefficient (Wildman–Crippen LogP) is 4.11. The number of fused-ring (bicyclic) bond motifs is 1. The molecule has 0 aromatic heterocycles. The van der Waals surface area contributed by atoms with Crippen LogP contribution in [0.1, 0.15) is 25.3 Å². The van der Waals surface area contributed by atoms with Crippen molar-refractivity contribution < 1.29 is 14.3 Å². The Morgan fingerprint density at radius 2 is 1.72 bits per heavy atom. The number of ether oxygens (including phenoxy) is 1. The van der Waals surface area contributed by atoms with Crippen molar-refractivity contribution in [3.8, 4) is 5.75 Å². The fourth-order valence-electron chi connectivity index (χ4n) is 2.73. The number of rotatable bonds is 7. The van der Waals surface area contributed by atoms with E-state index in [0.717, 1.165) is 34.9 Å². The fourth-order valence-corrected chi connectivity index (χ4v) is 2.73. The van der Waals surface area contributed by atoms with E-state index in [1.54, 1.807) is 24.3 Å². The molecular formula is C23H23N3O3. The van der Waals surface area contributed by atoms with Crippen molar-refractivity contribution in [2.45, 2.75) is 19.8 Å². The van der Waals surface area contributed by atoms with Crippen LogP contribution in [-0.4, -0.2) is 24.6 Å². The summed E-state index contributed by atoms with van der Waals surface area (Å²) in [6.45, 7) is 2.75. The van der Waals surface area contributed by atoms with Crippen molar-refractivity contribution in [3.63, 3.8) is 0 Å². The Morgan fingerprint density at radius 3 is 2.52 bits per heavy atom. The van der Waals surface area contributed by atoms with E-state index in [-0.39, 0.29) is 0 Å². The largest absolute Gasteiger partial charge is 0.494 e. The number of unbranched alkanes of at least 4 members (excludes halogenated alkanes) is 1. The topological polar surface area (TPSA) is 79.8 Å². The van der Waals surface area contributed by atoms with Gasteiger partial charge in [0, 0.05) is 11.3 Å². The van der Waals surface area contributed by atoms with E-state index in [1.165, 1.54) is 6.21 Å². The summed E-state index contributed by atoms with van der Waals surface area (Å²) in [5.74, 6) is -0.912. The third kappa shape index (κ3) is 5.65. The van der Waals surface area contributed by atoms with Crippen LogP contribution in [0.15, 0.2) is 71.8 Å².